The van der Waals surface area contributed by atoms with Crippen LogP contribution in [0.3, 0.4) is 0 Å². The summed E-state index contributed by atoms with van der Waals surface area (Å²) >= 11 is 12.1. The van der Waals surface area contributed by atoms with E-state index in [4.69, 9.17) is 23.2 Å². The molecule has 0 aliphatic heterocycles. The van der Waals surface area contributed by atoms with Crippen molar-refractivity contribution >= 4 is 40.9 Å². The number of nitriles is 1. The summed E-state index contributed by atoms with van der Waals surface area (Å²) in [6, 6.07) is 14.2. The number of halogens is 2. The Morgan fingerprint density at radius 3 is 2.45 bits per heavy atom. The average molecular weight is 331 g/mol. The van der Waals surface area contributed by atoms with E-state index in [1.165, 1.54) is 6.08 Å². The normalized spacial score (nSPS) is 10.9. The van der Waals surface area contributed by atoms with Crippen LogP contribution >= 0.6 is 23.2 Å². The van der Waals surface area contributed by atoms with E-state index in [0.717, 1.165) is 5.56 Å². The zero-order valence-corrected chi connectivity index (χ0v) is 13.2. The number of carbonyl (C=O) groups excluding carboxylic acids is 1. The number of rotatable bonds is 3. The maximum absolute atomic E-state index is 12.3. The van der Waals surface area contributed by atoms with Gasteiger partial charge in [0.05, 0.1) is 10.7 Å². The van der Waals surface area contributed by atoms with Crippen molar-refractivity contribution < 1.29 is 4.79 Å². The van der Waals surface area contributed by atoms with Crippen LogP contribution in [0.1, 0.15) is 11.1 Å². The summed E-state index contributed by atoms with van der Waals surface area (Å²) in [5.74, 6) is -0.529. The van der Waals surface area contributed by atoms with Crippen molar-refractivity contribution in [1.29, 1.82) is 5.26 Å². The van der Waals surface area contributed by atoms with Crippen molar-refractivity contribution in [2.75, 3.05) is 5.32 Å². The van der Waals surface area contributed by atoms with Crippen molar-refractivity contribution in [1.82, 2.24) is 0 Å². The van der Waals surface area contributed by atoms with Crippen LogP contribution in [-0.4, -0.2) is 5.91 Å². The number of nitrogens with zero attached hydrogens (tertiary/aromatic N) is 1. The Hall–Kier alpha value is -2.28. The molecule has 0 spiro atoms. The fraction of sp³-hybridized carbons (Fsp3) is 0.0588. The maximum atomic E-state index is 12.3. The zero-order chi connectivity index (χ0) is 16.1. The lowest BCUT2D eigenvalue weighted by atomic mass is 10.1. The summed E-state index contributed by atoms with van der Waals surface area (Å²) in [6.45, 7) is 1.82. The summed E-state index contributed by atoms with van der Waals surface area (Å²) in [7, 11) is 0. The monoisotopic (exact) mass is 330 g/mol. The van der Waals surface area contributed by atoms with Crippen molar-refractivity contribution in [2.45, 2.75) is 6.92 Å². The van der Waals surface area contributed by atoms with E-state index in [1.807, 2.05) is 19.1 Å². The van der Waals surface area contributed by atoms with E-state index >= 15 is 0 Å². The second-order valence-corrected chi connectivity index (χ2v) is 5.39. The van der Waals surface area contributed by atoms with E-state index in [9.17, 15) is 10.1 Å². The molecule has 0 heterocycles. The third-order valence-electron chi connectivity index (χ3n) is 3.03. The largest absolute Gasteiger partial charge is 0.320 e. The highest BCUT2D eigenvalue weighted by Gasteiger charge is 2.13. The van der Waals surface area contributed by atoms with Crippen molar-refractivity contribution in [3.05, 3.63) is 69.2 Å². The van der Waals surface area contributed by atoms with Crippen molar-refractivity contribution in [2.24, 2.45) is 0 Å². The lowest BCUT2D eigenvalue weighted by molar-refractivity contribution is -0.112. The minimum absolute atomic E-state index is 0.0487. The van der Waals surface area contributed by atoms with Crippen LogP contribution in [0.2, 0.25) is 10.0 Å². The molecule has 0 fully saturated rings. The fourth-order valence-corrected chi connectivity index (χ4v) is 2.33. The highest BCUT2D eigenvalue weighted by molar-refractivity contribution is 6.34. The van der Waals surface area contributed by atoms with Crippen LogP contribution in [0.15, 0.2) is 48.0 Å². The summed E-state index contributed by atoms with van der Waals surface area (Å²) in [6.07, 6.45) is 1.45. The van der Waals surface area contributed by atoms with Gasteiger partial charge in [-0.2, -0.15) is 5.26 Å². The Kier molecular flexibility index (Phi) is 5.21. The van der Waals surface area contributed by atoms with Gasteiger partial charge in [-0.15, -0.1) is 0 Å². The average Bonchev–Trinajstić information content (AvgIpc) is 2.50. The van der Waals surface area contributed by atoms with E-state index < -0.39 is 5.91 Å². The predicted molar refractivity (Wildman–Crippen MR) is 89.9 cm³/mol. The Morgan fingerprint density at radius 1 is 1.14 bits per heavy atom. The number of nitrogens with one attached hydrogen (secondary N) is 1. The van der Waals surface area contributed by atoms with Gasteiger partial charge < -0.3 is 5.32 Å². The lowest BCUT2D eigenvalue weighted by Gasteiger charge is -2.09. The molecule has 2 aromatic carbocycles. The SMILES string of the molecule is Cc1cccc(Cl)c1NC(=O)/C(C#N)=C/c1ccccc1Cl. The molecule has 0 radical (unpaired) electrons. The lowest BCUT2D eigenvalue weighted by Crippen LogP contribution is -2.14. The number of para-hydroxylation sites is 1. The molecule has 22 heavy (non-hydrogen) atoms. The molecule has 0 unspecified atom stereocenters. The minimum atomic E-state index is -0.529. The number of aryl methyl sites for hydroxylation is 1. The Labute approximate surface area is 138 Å². The third-order valence-corrected chi connectivity index (χ3v) is 3.69. The molecule has 0 atom stereocenters. The number of benzene rings is 2. The molecule has 1 N–H and O–H groups in total. The standard InChI is InChI=1S/C17H12Cl2N2O/c1-11-5-4-8-15(19)16(11)21-17(22)13(10-20)9-12-6-2-3-7-14(12)18/h2-9H,1H3,(H,21,22)/b13-9+. The fourth-order valence-electron chi connectivity index (χ4n) is 1.87. The molecule has 5 heteroatoms. The minimum Gasteiger partial charge on any atom is -0.320 e. The summed E-state index contributed by atoms with van der Waals surface area (Å²) in [5.41, 5.74) is 1.87. The molecule has 0 aromatic heterocycles. The van der Waals surface area contributed by atoms with Gasteiger partial charge in [-0.3, -0.25) is 4.79 Å². The van der Waals surface area contributed by atoms with Gasteiger partial charge in [0.1, 0.15) is 11.6 Å². The Bertz CT molecular complexity index is 771. The van der Waals surface area contributed by atoms with E-state index in [2.05, 4.69) is 5.32 Å². The third kappa shape index (κ3) is 3.67. The van der Waals surface area contributed by atoms with Crippen LogP contribution in [0.4, 0.5) is 5.69 Å². The first kappa shape index (κ1) is 16.1. The maximum Gasteiger partial charge on any atom is 0.266 e. The van der Waals surface area contributed by atoms with Gasteiger partial charge in [0.25, 0.3) is 5.91 Å². The summed E-state index contributed by atoms with van der Waals surface area (Å²) in [5, 5.41) is 12.8. The molecular weight excluding hydrogens is 319 g/mol. The van der Waals surface area contributed by atoms with Crippen LogP contribution in [-0.2, 0) is 4.79 Å². The van der Waals surface area contributed by atoms with Gasteiger partial charge >= 0.3 is 0 Å². The van der Waals surface area contributed by atoms with Gasteiger partial charge in [-0.25, -0.2) is 0 Å². The number of anilines is 1. The second kappa shape index (κ2) is 7.13. The van der Waals surface area contributed by atoms with Gasteiger partial charge in [0, 0.05) is 5.02 Å². The quantitative estimate of drug-likeness (QED) is 0.646. The van der Waals surface area contributed by atoms with Crippen LogP contribution < -0.4 is 5.32 Å². The number of amides is 1. The molecule has 110 valence electrons. The molecular formula is C17H12Cl2N2O. The second-order valence-electron chi connectivity index (χ2n) is 4.58. The van der Waals surface area contributed by atoms with Gasteiger partial charge in [-0.05, 0) is 36.3 Å². The van der Waals surface area contributed by atoms with E-state index in [1.54, 1.807) is 36.4 Å². The highest BCUT2D eigenvalue weighted by Crippen LogP contribution is 2.26. The Balaban J connectivity index is 2.31. The number of hydrogen-bond acceptors (Lipinski definition) is 2. The van der Waals surface area contributed by atoms with E-state index in [0.29, 0.717) is 21.3 Å². The smallest absolute Gasteiger partial charge is 0.266 e. The molecule has 0 aliphatic carbocycles. The van der Waals surface area contributed by atoms with Crippen molar-refractivity contribution in [3.8, 4) is 6.07 Å². The van der Waals surface area contributed by atoms with Crippen LogP contribution in [0.5, 0.6) is 0 Å². The first-order chi connectivity index (χ1) is 10.5. The number of hydrogen-bond donors (Lipinski definition) is 1. The molecule has 2 aromatic rings. The van der Waals surface area contributed by atoms with Crippen molar-refractivity contribution in [3.63, 3.8) is 0 Å². The van der Waals surface area contributed by atoms with Gasteiger partial charge in [-0.1, -0.05) is 53.5 Å². The van der Waals surface area contributed by atoms with Crippen LogP contribution in [0.25, 0.3) is 6.08 Å². The predicted octanol–water partition coefficient (Wildman–Crippen LogP) is 4.85. The first-order valence-corrected chi connectivity index (χ1v) is 7.21. The molecule has 3 nitrogen and oxygen atoms in total. The first-order valence-electron chi connectivity index (χ1n) is 6.45. The van der Waals surface area contributed by atoms with Gasteiger partial charge in [0.15, 0.2) is 0 Å². The van der Waals surface area contributed by atoms with Crippen LogP contribution in [0, 0.1) is 18.3 Å². The zero-order valence-electron chi connectivity index (χ0n) is 11.7. The summed E-state index contributed by atoms with van der Waals surface area (Å²) in [4.78, 5) is 12.3. The molecule has 0 saturated carbocycles. The molecule has 0 aliphatic rings. The summed E-state index contributed by atoms with van der Waals surface area (Å²) < 4.78 is 0. The van der Waals surface area contributed by atoms with Gasteiger partial charge in [0.2, 0.25) is 0 Å². The molecule has 0 saturated heterocycles. The molecule has 2 rings (SSSR count). The highest BCUT2D eigenvalue weighted by atomic mass is 35.5. The van der Waals surface area contributed by atoms with E-state index in [-0.39, 0.29) is 5.57 Å². The molecule has 0 bridgehead atoms. The topological polar surface area (TPSA) is 52.9 Å². The molecule has 1 amide bonds. The Morgan fingerprint density at radius 2 is 1.82 bits per heavy atom. The number of carbonyl (C=O) groups is 1.